The van der Waals surface area contributed by atoms with Crippen molar-refractivity contribution in [2.45, 2.75) is 24.9 Å². The molecule has 0 aliphatic carbocycles. The fraction of sp³-hybridized carbons (Fsp3) is 0.533. The minimum Gasteiger partial charge on any atom is -0.486 e. The average Bonchev–Trinajstić information content (AvgIpc) is 2.42. The first-order valence-electron chi connectivity index (χ1n) is 7.08. The first-order valence-corrected chi connectivity index (χ1v) is 7.08. The van der Waals surface area contributed by atoms with E-state index in [1.807, 2.05) is 6.07 Å². The minimum absolute atomic E-state index is 0.0258. The van der Waals surface area contributed by atoms with Crippen LogP contribution in [0.2, 0.25) is 0 Å². The molecule has 108 valence electrons. The lowest BCUT2D eigenvalue weighted by Gasteiger charge is -2.31. The van der Waals surface area contributed by atoms with Crippen molar-refractivity contribution in [2.24, 2.45) is 0 Å². The number of hydrogen-bond donors (Lipinski definition) is 2. The van der Waals surface area contributed by atoms with Crippen LogP contribution in [0.1, 0.15) is 24.3 Å². The summed E-state index contributed by atoms with van der Waals surface area (Å²) >= 11 is 0. The van der Waals surface area contributed by atoms with E-state index in [-0.39, 0.29) is 12.1 Å². The second kappa shape index (κ2) is 5.71. The Morgan fingerprint density at radius 3 is 2.95 bits per heavy atom. The van der Waals surface area contributed by atoms with Gasteiger partial charge in [0.15, 0.2) is 0 Å². The van der Waals surface area contributed by atoms with Gasteiger partial charge < -0.3 is 20.1 Å². The maximum absolute atomic E-state index is 11.2. The maximum Gasteiger partial charge on any atom is 0.305 e. The Hall–Kier alpha value is -1.75. The molecule has 1 atom stereocenters. The van der Waals surface area contributed by atoms with Gasteiger partial charge in [0, 0.05) is 25.4 Å². The van der Waals surface area contributed by atoms with Crippen molar-refractivity contribution >= 4 is 11.7 Å². The van der Waals surface area contributed by atoms with E-state index in [4.69, 9.17) is 4.74 Å². The Morgan fingerprint density at radius 2 is 2.25 bits per heavy atom. The number of carbonyl (C=O) groups excluding carboxylic acids is 1. The summed E-state index contributed by atoms with van der Waals surface area (Å²) in [5, 5.41) is 6.68. The smallest absolute Gasteiger partial charge is 0.305 e. The topological polar surface area (TPSA) is 59.6 Å². The maximum atomic E-state index is 11.2. The third-order valence-corrected chi connectivity index (χ3v) is 3.97. The molecule has 5 nitrogen and oxygen atoms in total. The van der Waals surface area contributed by atoms with Crippen LogP contribution in [0.5, 0.6) is 5.75 Å². The van der Waals surface area contributed by atoms with Crippen LogP contribution in [0.4, 0.5) is 5.69 Å². The molecule has 3 rings (SSSR count). The molecule has 1 fully saturated rings. The van der Waals surface area contributed by atoms with Crippen LogP contribution in [-0.2, 0) is 9.53 Å². The number of methoxy groups -OCH3 is 1. The Morgan fingerprint density at radius 1 is 1.40 bits per heavy atom. The standard InChI is InChI=1S/C15H20N2O3/c1-19-15(18)5-3-12-9-17-13-6-10(11-7-16-8-11)2-4-14(13)20-12/h2,4,6,11-12,16-17H,3,5,7-9H2,1H3/t12-/m0/s1. The highest BCUT2D eigenvalue weighted by molar-refractivity contribution is 5.69. The van der Waals surface area contributed by atoms with E-state index in [1.165, 1.54) is 12.7 Å². The predicted octanol–water partition coefficient (Wildman–Crippen LogP) is 1.50. The van der Waals surface area contributed by atoms with Crippen LogP contribution in [-0.4, -0.2) is 38.8 Å². The van der Waals surface area contributed by atoms with E-state index in [2.05, 4.69) is 27.5 Å². The molecule has 0 spiro atoms. The van der Waals surface area contributed by atoms with Crippen molar-refractivity contribution < 1.29 is 14.3 Å². The number of ether oxygens (including phenoxy) is 2. The largest absolute Gasteiger partial charge is 0.486 e. The highest BCUT2D eigenvalue weighted by Crippen LogP contribution is 2.33. The lowest BCUT2D eigenvalue weighted by Crippen LogP contribution is -2.40. The van der Waals surface area contributed by atoms with E-state index >= 15 is 0 Å². The van der Waals surface area contributed by atoms with Gasteiger partial charge in [0.2, 0.25) is 0 Å². The average molecular weight is 276 g/mol. The molecule has 0 aromatic heterocycles. The summed E-state index contributed by atoms with van der Waals surface area (Å²) in [7, 11) is 1.41. The normalized spacial score (nSPS) is 21.1. The molecule has 0 radical (unpaired) electrons. The monoisotopic (exact) mass is 276 g/mol. The molecule has 5 heteroatoms. The number of hydrogen-bond acceptors (Lipinski definition) is 5. The van der Waals surface area contributed by atoms with Gasteiger partial charge in [0.1, 0.15) is 11.9 Å². The summed E-state index contributed by atoms with van der Waals surface area (Å²) in [5.74, 6) is 1.31. The molecule has 0 bridgehead atoms. The zero-order chi connectivity index (χ0) is 13.9. The lowest BCUT2D eigenvalue weighted by molar-refractivity contribution is -0.141. The quantitative estimate of drug-likeness (QED) is 0.816. The third-order valence-electron chi connectivity index (χ3n) is 3.97. The van der Waals surface area contributed by atoms with E-state index in [0.29, 0.717) is 18.8 Å². The summed E-state index contributed by atoms with van der Waals surface area (Å²) in [6.45, 7) is 2.85. The van der Waals surface area contributed by atoms with Gasteiger partial charge >= 0.3 is 5.97 Å². The molecule has 1 saturated heterocycles. The molecule has 1 aromatic carbocycles. The van der Waals surface area contributed by atoms with Crippen LogP contribution < -0.4 is 15.4 Å². The summed E-state index contributed by atoms with van der Waals surface area (Å²) in [6.07, 6.45) is 1.09. The van der Waals surface area contributed by atoms with Crippen molar-refractivity contribution in [1.82, 2.24) is 5.32 Å². The first kappa shape index (κ1) is 13.2. The second-order valence-electron chi connectivity index (χ2n) is 5.35. The van der Waals surface area contributed by atoms with Crippen molar-refractivity contribution in [3.8, 4) is 5.75 Å². The number of rotatable bonds is 4. The number of anilines is 1. The van der Waals surface area contributed by atoms with Gasteiger partial charge in [-0.3, -0.25) is 4.79 Å². The van der Waals surface area contributed by atoms with Gasteiger partial charge in [-0.2, -0.15) is 0 Å². The van der Waals surface area contributed by atoms with Crippen molar-refractivity contribution in [1.29, 1.82) is 0 Å². The van der Waals surface area contributed by atoms with E-state index in [0.717, 1.165) is 31.1 Å². The zero-order valence-corrected chi connectivity index (χ0v) is 11.6. The SMILES string of the molecule is COC(=O)CC[C@H]1CNc2cc(C3CNC3)ccc2O1. The number of nitrogens with one attached hydrogen (secondary N) is 2. The molecule has 20 heavy (non-hydrogen) atoms. The third kappa shape index (κ3) is 2.72. The Balaban J connectivity index is 1.61. The van der Waals surface area contributed by atoms with E-state index < -0.39 is 0 Å². The van der Waals surface area contributed by atoms with Crippen molar-refractivity contribution in [3.63, 3.8) is 0 Å². The number of fused-ring (bicyclic) bond motifs is 1. The minimum atomic E-state index is -0.188. The van der Waals surface area contributed by atoms with Gasteiger partial charge in [-0.1, -0.05) is 6.07 Å². The molecule has 0 saturated carbocycles. The summed E-state index contributed by atoms with van der Waals surface area (Å²) in [4.78, 5) is 11.2. The first-order chi connectivity index (χ1) is 9.76. The molecular weight excluding hydrogens is 256 g/mol. The van der Waals surface area contributed by atoms with E-state index in [9.17, 15) is 4.79 Å². The molecule has 0 unspecified atom stereocenters. The Bertz CT molecular complexity index is 500. The van der Waals surface area contributed by atoms with Crippen LogP contribution in [0.25, 0.3) is 0 Å². The van der Waals surface area contributed by atoms with Crippen molar-refractivity contribution in [3.05, 3.63) is 23.8 Å². The van der Waals surface area contributed by atoms with Gasteiger partial charge in [-0.05, 0) is 24.1 Å². The molecule has 2 N–H and O–H groups in total. The fourth-order valence-electron chi connectivity index (χ4n) is 2.55. The highest BCUT2D eigenvalue weighted by atomic mass is 16.5. The van der Waals surface area contributed by atoms with Crippen LogP contribution in [0.15, 0.2) is 18.2 Å². The summed E-state index contributed by atoms with van der Waals surface area (Å²) in [6, 6.07) is 6.34. The van der Waals surface area contributed by atoms with Gasteiger partial charge in [0.25, 0.3) is 0 Å². The summed E-state index contributed by atoms with van der Waals surface area (Å²) in [5.41, 5.74) is 2.41. The van der Waals surface area contributed by atoms with Gasteiger partial charge in [-0.15, -0.1) is 0 Å². The number of carbonyl (C=O) groups is 1. The van der Waals surface area contributed by atoms with Crippen LogP contribution >= 0.6 is 0 Å². The second-order valence-corrected chi connectivity index (χ2v) is 5.35. The molecule has 1 aromatic rings. The van der Waals surface area contributed by atoms with E-state index in [1.54, 1.807) is 0 Å². The molecule has 2 aliphatic heterocycles. The molecular formula is C15H20N2O3. The highest BCUT2D eigenvalue weighted by Gasteiger charge is 2.23. The zero-order valence-electron chi connectivity index (χ0n) is 11.6. The van der Waals surface area contributed by atoms with Crippen molar-refractivity contribution in [2.75, 3.05) is 32.1 Å². The summed E-state index contributed by atoms with van der Waals surface area (Å²) < 4.78 is 10.6. The fourth-order valence-corrected chi connectivity index (χ4v) is 2.55. The molecule has 2 heterocycles. The number of benzene rings is 1. The van der Waals surface area contributed by atoms with Gasteiger partial charge in [-0.25, -0.2) is 0 Å². The van der Waals surface area contributed by atoms with Crippen LogP contribution in [0, 0.1) is 0 Å². The lowest BCUT2D eigenvalue weighted by atomic mass is 9.93. The van der Waals surface area contributed by atoms with Crippen LogP contribution in [0.3, 0.4) is 0 Å². The predicted molar refractivity (Wildman–Crippen MR) is 76.2 cm³/mol. The molecule has 0 amide bonds. The molecule has 2 aliphatic rings. The Labute approximate surface area is 118 Å². The number of esters is 1. The Kier molecular flexibility index (Phi) is 3.78. The van der Waals surface area contributed by atoms with Gasteiger partial charge in [0.05, 0.1) is 19.3 Å².